The Kier molecular flexibility index (Phi) is 7.70. The Morgan fingerprint density at radius 1 is 0.500 bits per heavy atom. The molecule has 0 bridgehead atoms. The zero-order chi connectivity index (χ0) is 37.5. The van der Waals surface area contributed by atoms with Crippen molar-refractivity contribution in [3.63, 3.8) is 0 Å². The van der Waals surface area contributed by atoms with Crippen molar-refractivity contribution in [2.45, 2.75) is 12.8 Å². The van der Waals surface area contributed by atoms with Crippen LogP contribution in [0.25, 0.3) is 50.1 Å². The summed E-state index contributed by atoms with van der Waals surface area (Å²) in [6.07, 6.45) is 0. The standard InChI is InChI=1S/C39H13F9N4/c1-14-31(40)33(42)29(34(43)32(14)41)15-2-4-19-21-8-26-22(9-25(21)27(23(19)6-15)17(10-49)11-50)20-5-3-16(7-24(20)28(26)18(12-51)13-52)30-35(44)37(46)39(48)38(47)36(30)45/h2-9,17,27H,1H3. The first kappa shape index (κ1) is 33.7. The second-order valence-corrected chi connectivity index (χ2v) is 11.9. The normalized spacial score (nSPS) is 13.4. The maximum atomic E-state index is 15.1. The molecule has 5 aromatic carbocycles. The minimum absolute atomic E-state index is 0.0248. The third-order valence-electron chi connectivity index (χ3n) is 9.41. The number of hydrogen-bond donors (Lipinski definition) is 0. The number of hydrogen-bond acceptors (Lipinski definition) is 4. The molecule has 2 aliphatic carbocycles. The summed E-state index contributed by atoms with van der Waals surface area (Å²) in [5.74, 6) is -20.0. The van der Waals surface area contributed by atoms with E-state index >= 15 is 8.78 Å². The largest absolute Gasteiger partial charge is 0.203 e. The molecule has 0 saturated heterocycles. The smallest absolute Gasteiger partial charge is 0.200 e. The molecule has 0 N–H and O–H groups in total. The van der Waals surface area contributed by atoms with Gasteiger partial charge in [-0.1, -0.05) is 24.3 Å². The predicted molar refractivity (Wildman–Crippen MR) is 166 cm³/mol. The van der Waals surface area contributed by atoms with Gasteiger partial charge in [0.25, 0.3) is 0 Å². The van der Waals surface area contributed by atoms with Crippen LogP contribution in [0, 0.1) is 111 Å². The molecular formula is C39H13F9N4. The van der Waals surface area contributed by atoms with Gasteiger partial charge in [0.2, 0.25) is 5.82 Å². The van der Waals surface area contributed by atoms with E-state index in [1.165, 1.54) is 36.4 Å². The minimum atomic E-state index is -2.36. The third-order valence-corrected chi connectivity index (χ3v) is 9.41. The van der Waals surface area contributed by atoms with E-state index in [4.69, 9.17) is 0 Å². The molecule has 52 heavy (non-hydrogen) atoms. The molecule has 7 rings (SSSR count). The van der Waals surface area contributed by atoms with Gasteiger partial charge in [0.05, 0.1) is 23.3 Å². The van der Waals surface area contributed by atoms with Gasteiger partial charge >= 0.3 is 0 Å². The lowest BCUT2D eigenvalue weighted by atomic mass is 9.84. The number of allylic oxidation sites excluding steroid dienone is 1. The number of nitrogens with zero attached hydrogens (tertiary/aromatic N) is 4. The zero-order valence-corrected chi connectivity index (χ0v) is 26.0. The third kappa shape index (κ3) is 4.46. The monoisotopic (exact) mass is 708 g/mol. The Hall–Kier alpha value is -6.83. The fourth-order valence-electron chi connectivity index (χ4n) is 7.01. The van der Waals surface area contributed by atoms with Crippen molar-refractivity contribution < 1.29 is 39.5 Å². The lowest BCUT2D eigenvalue weighted by molar-refractivity contribution is 0.381. The lowest BCUT2D eigenvalue weighted by Crippen LogP contribution is -2.09. The molecule has 1 atom stereocenters. The zero-order valence-electron chi connectivity index (χ0n) is 26.0. The summed E-state index contributed by atoms with van der Waals surface area (Å²) in [5.41, 5.74) is -2.47. The van der Waals surface area contributed by atoms with Crippen molar-refractivity contribution in [2.75, 3.05) is 0 Å². The molecule has 0 amide bonds. The van der Waals surface area contributed by atoms with Crippen molar-refractivity contribution in [2.24, 2.45) is 5.92 Å². The summed E-state index contributed by atoms with van der Waals surface area (Å²) in [4.78, 5) is 0. The van der Waals surface area contributed by atoms with Crippen molar-refractivity contribution in [1.82, 2.24) is 0 Å². The van der Waals surface area contributed by atoms with Crippen molar-refractivity contribution in [3.05, 3.63) is 134 Å². The Labute approximate surface area is 287 Å². The van der Waals surface area contributed by atoms with Gasteiger partial charge < -0.3 is 0 Å². The summed E-state index contributed by atoms with van der Waals surface area (Å²) in [6.45, 7) is 0.865. The molecule has 0 heterocycles. The van der Waals surface area contributed by atoms with Crippen LogP contribution >= 0.6 is 0 Å². The molecule has 0 radical (unpaired) electrons. The first-order valence-corrected chi connectivity index (χ1v) is 15.0. The van der Waals surface area contributed by atoms with Crippen LogP contribution in [0.5, 0.6) is 0 Å². The maximum Gasteiger partial charge on any atom is 0.200 e. The second kappa shape index (κ2) is 11.9. The molecule has 0 aliphatic heterocycles. The Bertz CT molecular complexity index is 2620. The SMILES string of the molecule is Cc1c(F)c(F)c(-c2ccc3c(c2)C(C(C#N)C#N)c2cc4c(cc2-3)C(=C(C#N)C#N)c2cc(-c3c(F)c(F)c(F)c(F)c3F)ccc2-4)c(F)c1F. The summed E-state index contributed by atoms with van der Waals surface area (Å²) in [5, 5.41) is 39.8. The quantitative estimate of drug-likeness (QED) is 0.0792. The maximum absolute atomic E-state index is 15.1. The number of fused-ring (bicyclic) bond motifs is 6. The van der Waals surface area contributed by atoms with Crippen LogP contribution in [0.1, 0.15) is 33.7 Å². The van der Waals surface area contributed by atoms with Crippen LogP contribution in [-0.4, -0.2) is 0 Å². The van der Waals surface area contributed by atoms with Crippen LogP contribution in [0.15, 0.2) is 54.1 Å². The molecule has 13 heteroatoms. The summed E-state index contributed by atoms with van der Waals surface area (Å²) >= 11 is 0. The number of nitriles is 4. The van der Waals surface area contributed by atoms with Gasteiger partial charge in [0.15, 0.2) is 46.5 Å². The Morgan fingerprint density at radius 2 is 0.962 bits per heavy atom. The van der Waals surface area contributed by atoms with E-state index in [1.807, 2.05) is 12.1 Å². The average molecular weight is 709 g/mol. The van der Waals surface area contributed by atoms with Crippen LogP contribution < -0.4 is 0 Å². The van der Waals surface area contributed by atoms with Crippen molar-refractivity contribution in [3.8, 4) is 68.8 Å². The summed E-state index contributed by atoms with van der Waals surface area (Å²) in [7, 11) is 0. The molecule has 0 spiro atoms. The molecule has 4 nitrogen and oxygen atoms in total. The van der Waals surface area contributed by atoms with E-state index in [1.54, 1.807) is 12.1 Å². The van der Waals surface area contributed by atoms with Crippen LogP contribution in [0.4, 0.5) is 39.5 Å². The molecule has 0 aromatic heterocycles. The van der Waals surface area contributed by atoms with Crippen molar-refractivity contribution >= 4 is 5.57 Å². The van der Waals surface area contributed by atoms with E-state index in [0.717, 1.165) is 19.1 Å². The lowest BCUT2D eigenvalue weighted by Gasteiger charge is -2.16. The predicted octanol–water partition coefficient (Wildman–Crippen LogP) is 10.2. The van der Waals surface area contributed by atoms with Crippen LogP contribution in [0.3, 0.4) is 0 Å². The summed E-state index contributed by atoms with van der Waals surface area (Å²) < 4.78 is 131. The highest BCUT2D eigenvalue weighted by Crippen LogP contribution is 2.55. The number of benzene rings is 5. The first-order valence-electron chi connectivity index (χ1n) is 15.0. The Balaban J connectivity index is 1.48. The molecule has 252 valence electrons. The first-order chi connectivity index (χ1) is 24.8. The highest BCUT2D eigenvalue weighted by atomic mass is 19.2. The van der Waals surface area contributed by atoms with Crippen LogP contribution in [-0.2, 0) is 0 Å². The average Bonchev–Trinajstić information content (AvgIpc) is 3.63. The fraction of sp³-hybridized carbons (Fsp3) is 0.0769. The molecule has 2 aliphatic rings. The van der Waals surface area contributed by atoms with Gasteiger partial charge in [0, 0.05) is 17.1 Å². The molecule has 0 fully saturated rings. The molecule has 0 saturated carbocycles. The van der Waals surface area contributed by atoms with Gasteiger partial charge in [0.1, 0.15) is 23.6 Å². The van der Waals surface area contributed by atoms with Gasteiger partial charge in [-0.3, -0.25) is 0 Å². The highest BCUT2D eigenvalue weighted by molar-refractivity contribution is 6.07. The van der Waals surface area contributed by atoms with E-state index < -0.39 is 92.0 Å². The van der Waals surface area contributed by atoms with Gasteiger partial charge in [-0.15, -0.1) is 0 Å². The molecular weight excluding hydrogens is 695 g/mol. The van der Waals surface area contributed by atoms with Gasteiger partial charge in [-0.25, -0.2) is 39.5 Å². The van der Waals surface area contributed by atoms with Gasteiger partial charge in [-0.2, -0.15) is 21.0 Å². The summed E-state index contributed by atoms with van der Waals surface area (Å²) in [6, 6.07) is 17.5. The number of halogens is 9. The minimum Gasteiger partial charge on any atom is -0.203 e. The second-order valence-electron chi connectivity index (χ2n) is 11.9. The molecule has 5 aromatic rings. The van der Waals surface area contributed by atoms with E-state index in [9.17, 15) is 51.8 Å². The molecule has 1 unspecified atom stereocenters. The Morgan fingerprint density at radius 3 is 1.50 bits per heavy atom. The topological polar surface area (TPSA) is 95.2 Å². The van der Waals surface area contributed by atoms with E-state index in [2.05, 4.69) is 0 Å². The highest BCUT2D eigenvalue weighted by Gasteiger charge is 2.39. The van der Waals surface area contributed by atoms with Crippen LogP contribution in [0.2, 0.25) is 0 Å². The van der Waals surface area contributed by atoms with E-state index in [-0.39, 0.29) is 33.4 Å². The van der Waals surface area contributed by atoms with E-state index in [0.29, 0.717) is 22.3 Å². The fourth-order valence-corrected chi connectivity index (χ4v) is 7.01. The number of rotatable bonds is 3. The van der Waals surface area contributed by atoms with Crippen molar-refractivity contribution in [1.29, 1.82) is 21.0 Å². The van der Waals surface area contributed by atoms with Gasteiger partial charge in [-0.05, 0) is 86.8 Å².